The molecule has 0 fully saturated rings. The summed E-state index contributed by atoms with van der Waals surface area (Å²) < 4.78 is 31.3. The molecule has 1 aliphatic heterocycles. The molecule has 1 N–H and O–H groups in total. The molecule has 0 bridgehead atoms. The van der Waals surface area contributed by atoms with Gasteiger partial charge in [-0.15, -0.1) is 0 Å². The number of nitrogens with one attached hydrogen (secondary N) is 1. The Morgan fingerprint density at radius 1 is 1.55 bits per heavy atom. The van der Waals surface area contributed by atoms with Gasteiger partial charge in [-0.05, 0) is 13.0 Å². The lowest BCUT2D eigenvalue weighted by atomic mass is 10.1. The molecule has 1 amide bonds. The second kappa shape index (κ2) is 5.85. The number of likely N-dealkylation sites (N-methyl/N-ethyl adjacent to an activating group) is 1. The van der Waals surface area contributed by atoms with Crippen LogP contribution >= 0.6 is 0 Å². The topological polar surface area (TPSA) is 53.9 Å². The highest BCUT2D eigenvalue weighted by molar-refractivity contribution is 5.95. The van der Waals surface area contributed by atoms with Crippen LogP contribution in [0.4, 0.5) is 13.6 Å². The smallest absolute Gasteiger partial charge is 0.413 e. The van der Waals surface area contributed by atoms with E-state index in [0.717, 1.165) is 6.07 Å². The lowest BCUT2D eigenvalue weighted by Gasteiger charge is -2.26. The maximum absolute atomic E-state index is 13.8. The van der Waals surface area contributed by atoms with Gasteiger partial charge in [0.05, 0.1) is 19.7 Å². The van der Waals surface area contributed by atoms with Gasteiger partial charge < -0.3 is 9.64 Å². The molecule has 0 aromatic heterocycles. The van der Waals surface area contributed by atoms with Crippen molar-refractivity contribution in [3.8, 4) is 0 Å². The molecule has 2 rings (SSSR count). The summed E-state index contributed by atoms with van der Waals surface area (Å²) in [5.74, 6) is -0.919. The van der Waals surface area contributed by atoms with E-state index in [1.54, 1.807) is 4.90 Å². The number of hydrogen-bond acceptors (Lipinski definition) is 4. The molecule has 1 unspecified atom stereocenters. The minimum atomic E-state index is -0.637. The zero-order valence-electron chi connectivity index (χ0n) is 11.2. The third-order valence-corrected chi connectivity index (χ3v) is 3.12. The van der Waals surface area contributed by atoms with Crippen LogP contribution in [0.25, 0.3) is 0 Å². The molecular weight excluding hydrogens is 268 g/mol. The van der Waals surface area contributed by atoms with Gasteiger partial charge in [-0.1, -0.05) is 6.07 Å². The first-order valence-electron chi connectivity index (χ1n) is 6.17. The standard InChI is InChI=1S/C13H15F2N3O2/c1-3-18-11(7-16-12(18)17-13(19)20-2)9-5-4-8(14)6-10(9)15/h4-6,11H,3,7H2,1-2H3,(H,16,17,19). The van der Waals surface area contributed by atoms with Crippen LogP contribution in [0.2, 0.25) is 0 Å². The van der Waals surface area contributed by atoms with Crippen molar-refractivity contribution < 1.29 is 18.3 Å². The van der Waals surface area contributed by atoms with Crippen molar-refractivity contribution in [3.63, 3.8) is 0 Å². The Balaban J connectivity index is 2.21. The lowest BCUT2D eigenvalue weighted by Crippen LogP contribution is -2.42. The third-order valence-electron chi connectivity index (χ3n) is 3.12. The molecule has 7 heteroatoms. The van der Waals surface area contributed by atoms with Crippen LogP contribution in [0.1, 0.15) is 18.5 Å². The molecule has 1 aromatic carbocycles. The summed E-state index contributed by atoms with van der Waals surface area (Å²) in [6, 6.07) is 3.08. The van der Waals surface area contributed by atoms with Crippen LogP contribution < -0.4 is 5.32 Å². The fraction of sp³-hybridized carbons (Fsp3) is 0.385. The molecule has 5 nitrogen and oxygen atoms in total. The molecule has 0 spiro atoms. The first-order valence-corrected chi connectivity index (χ1v) is 6.17. The third kappa shape index (κ3) is 2.71. The Morgan fingerprint density at radius 3 is 2.90 bits per heavy atom. The van der Waals surface area contributed by atoms with Crippen molar-refractivity contribution in [2.75, 3.05) is 20.2 Å². The predicted molar refractivity (Wildman–Crippen MR) is 69.3 cm³/mol. The molecule has 0 radical (unpaired) electrons. The average molecular weight is 283 g/mol. The average Bonchev–Trinajstić information content (AvgIpc) is 2.81. The number of guanidine groups is 1. The second-order valence-electron chi connectivity index (χ2n) is 4.25. The molecule has 1 aromatic rings. The van der Waals surface area contributed by atoms with E-state index in [-0.39, 0.29) is 12.6 Å². The quantitative estimate of drug-likeness (QED) is 0.904. The second-order valence-corrected chi connectivity index (χ2v) is 4.25. The van der Waals surface area contributed by atoms with Crippen LogP contribution in [0.15, 0.2) is 23.2 Å². The first-order chi connectivity index (χ1) is 9.56. The number of methoxy groups -OCH3 is 1. The van der Waals surface area contributed by atoms with Crippen LogP contribution in [0.5, 0.6) is 0 Å². The van der Waals surface area contributed by atoms with Gasteiger partial charge in [0, 0.05) is 18.2 Å². The maximum Gasteiger partial charge on any atom is 0.413 e. The Labute approximate surface area is 115 Å². The number of carbonyl (C=O) groups excluding carboxylic acids is 1. The summed E-state index contributed by atoms with van der Waals surface area (Å²) in [4.78, 5) is 17.1. The Morgan fingerprint density at radius 2 is 2.30 bits per heavy atom. The largest absolute Gasteiger partial charge is 0.453 e. The maximum atomic E-state index is 13.8. The van der Waals surface area contributed by atoms with E-state index >= 15 is 0 Å². The molecular formula is C13H15F2N3O2. The summed E-state index contributed by atoms with van der Waals surface area (Å²) in [6.45, 7) is 2.66. The van der Waals surface area contributed by atoms with Crippen LogP contribution in [0, 0.1) is 11.6 Å². The number of nitrogens with zero attached hydrogens (tertiary/aromatic N) is 2. The highest BCUT2D eigenvalue weighted by Gasteiger charge is 2.30. The van der Waals surface area contributed by atoms with Gasteiger partial charge in [-0.3, -0.25) is 10.3 Å². The number of hydrogen-bond donors (Lipinski definition) is 1. The summed E-state index contributed by atoms with van der Waals surface area (Å²) in [7, 11) is 1.25. The summed E-state index contributed by atoms with van der Waals surface area (Å²) in [5, 5.41) is 2.48. The van der Waals surface area contributed by atoms with E-state index in [1.165, 1.54) is 19.2 Å². The van der Waals surface area contributed by atoms with Gasteiger partial charge in [-0.2, -0.15) is 0 Å². The zero-order valence-corrected chi connectivity index (χ0v) is 11.2. The van der Waals surface area contributed by atoms with Gasteiger partial charge in [0.25, 0.3) is 0 Å². The van der Waals surface area contributed by atoms with Gasteiger partial charge in [-0.25, -0.2) is 13.6 Å². The number of alkyl carbamates (subject to hydrolysis) is 1. The molecule has 1 atom stereocenters. The number of ether oxygens (including phenoxy) is 1. The van der Waals surface area contributed by atoms with Crippen molar-refractivity contribution in [3.05, 3.63) is 35.4 Å². The summed E-state index contributed by atoms with van der Waals surface area (Å²) >= 11 is 0. The Hall–Kier alpha value is -2.18. The molecule has 0 saturated heterocycles. The van der Waals surface area contributed by atoms with Gasteiger partial charge in [0.2, 0.25) is 5.96 Å². The molecule has 108 valence electrons. The van der Waals surface area contributed by atoms with Crippen molar-refractivity contribution >= 4 is 12.1 Å². The normalized spacial score (nSPS) is 17.9. The van der Waals surface area contributed by atoms with Crippen molar-refractivity contribution in [1.82, 2.24) is 10.2 Å². The van der Waals surface area contributed by atoms with E-state index in [1.807, 2.05) is 6.92 Å². The number of amides is 1. The fourth-order valence-electron chi connectivity index (χ4n) is 2.17. The number of halogens is 2. The van der Waals surface area contributed by atoms with Gasteiger partial charge >= 0.3 is 6.09 Å². The van der Waals surface area contributed by atoms with Crippen molar-refractivity contribution in [1.29, 1.82) is 0 Å². The SMILES string of the molecule is CCN1C(NC(=O)OC)=NCC1c1ccc(F)cc1F. The molecule has 0 saturated carbocycles. The van der Waals surface area contributed by atoms with E-state index in [9.17, 15) is 13.6 Å². The first kappa shape index (κ1) is 14.2. The monoisotopic (exact) mass is 283 g/mol. The number of rotatable bonds is 2. The fourth-order valence-corrected chi connectivity index (χ4v) is 2.17. The van der Waals surface area contributed by atoms with Crippen LogP contribution in [-0.2, 0) is 4.74 Å². The van der Waals surface area contributed by atoms with Gasteiger partial charge in [0.15, 0.2) is 0 Å². The van der Waals surface area contributed by atoms with E-state index in [4.69, 9.17) is 0 Å². The Kier molecular flexibility index (Phi) is 4.16. The molecule has 20 heavy (non-hydrogen) atoms. The van der Waals surface area contributed by atoms with Crippen LogP contribution in [0.3, 0.4) is 0 Å². The zero-order chi connectivity index (χ0) is 14.7. The predicted octanol–water partition coefficient (Wildman–Crippen LogP) is 2.05. The minimum absolute atomic E-state index is 0.287. The van der Waals surface area contributed by atoms with E-state index in [0.29, 0.717) is 18.1 Å². The lowest BCUT2D eigenvalue weighted by molar-refractivity contribution is 0.175. The number of benzene rings is 1. The molecule has 1 heterocycles. The molecule has 0 aliphatic carbocycles. The summed E-state index contributed by atoms with van der Waals surface area (Å²) in [5.41, 5.74) is 0.346. The van der Waals surface area contributed by atoms with E-state index in [2.05, 4.69) is 15.0 Å². The van der Waals surface area contributed by atoms with E-state index < -0.39 is 17.7 Å². The summed E-state index contributed by atoms with van der Waals surface area (Å²) in [6.07, 6.45) is -0.637. The highest BCUT2D eigenvalue weighted by atomic mass is 19.1. The molecule has 1 aliphatic rings. The minimum Gasteiger partial charge on any atom is -0.453 e. The Bertz CT molecular complexity index is 548. The van der Waals surface area contributed by atoms with Crippen molar-refractivity contribution in [2.24, 2.45) is 4.99 Å². The highest BCUT2D eigenvalue weighted by Crippen LogP contribution is 2.28. The number of aliphatic imine (C=N–C) groups is 1. The van der Waals surface area contributed by atoms with Crippen molar-refractivity contribution in [2.45, 2.75) is 13.0 Å². The van der Waals surface area contributed by atoms with Crippen LogP contribution in [-0.4, -0.2) is 37.2 Å². The van der Waals surface area contributed by atoms with Gasteiger partial charge in [0.1, 0.15) is 11.6 Å². The number of carbonyl (C=O) groups is 1.